The minimum atomic E-state index is 0.667. The highest BCUT2D eigenvalue weighted by atomic mass is 15.2. The lowest BCUT2D eigenvalue weighted by Gasteiger charge is -2.26. The summed E-state index contributed by atoms with van der Waals surface area (Å²) in [6, 6.07) is 10.1. The molecular weight excluding hydrogens is 462 g/mol. The van der Waals surface area contributed by atoms with Crippen LogP contribution >= 0.6 is 0 Å². The van der Waals surface area contributed by atoms with E-state index in [4.69, 9.17) is 4.98 Å². The van der Waals surface area contributed by atoms with E-state index in [-0.39, 0.29) is 0 Å². The van der Waals surface area contributed by atoms with Gasteiger partial charge >= 0.3 is 0 Å². The van der Waals surface area contributed by atoms with Crippen LogP contribution in [0.3, 0.4) is 0 Å². The molecule has 7 heterocycles. The third-order valence-corrected chi connectivity index (χ3v) is 6.98. The van der Waals surface area contributed by atoms with Crippen molar-refractivity contribution >= 4 is 22.1 Å². The fourth-order valence-corrected chi connectivity index (χ4v) is 5.12. The third kappa shape index (κ3) is 4.13. The zero-order valence-electron chi connectivity index (χ0n) is 20.2. The summed E-state index contributed by atoms with van der Waals surface area (Å²) in [6.45, 7) is 3.25. The topological polar surface area (TPSA) is 112 Å². The van der Waals surface area contributed by atoms with Crippen molar-refractivity contribution in [2.75, 3.05) is 13.1 Å². The van der Waals surface area contributed by atoms with Crippen LogP contribution in [0.2, 0.25) is 0 Å². The van der Waals surface area contributed by atoms with E-state index in [1.807, 2.05) is 36.8 Å². The van der Waals surface area contributed by atoms with Gasteiger partial charge in [0.2, 0.25) is 0 Å². The molecule has 0 saturated carbocycles. The van der Waals surface area contributed by atoms with Crippen molar-refractivity contribution < 1.29 is 0 Å². The highest BCUT2D eigenvalue weighted by Gasteiger charge is 2.17. The van der Waals surface area contributed by atoms with E-state index >= 15 is 0 Å². The number of hydrogen-bond acceptors (Lipinski definition) is 7. The Kier molecular flexibility index (Phi) is 5.40. The molecule has 37 heavy (non-hydrogen) atoms. The number of piperidine rings is 1. The first kappa shape index (κ1) is 21.8. The van der Waals surface area contributed by atoms with Crippen LogP contribution < -0.4 is 0 Å². The summed E-state index contributed by atoms with van der Waals surface area (Å²) < 4.78 is 0. The molecule has 1 saturated heterocycles. The summed E-state index contributed by atoms with van der Waals surface area (Å²) in [4.78, 5) is 28.7. The number of imidazole rings is 1. The average molecular weight is 488 g/mol. The predicted molar refractivity (Wildman–Crippen MR) is 142 cm³/mol. The molecule has 0 radical (unpaired) electrons. The Bertz CT molecular complexity index is 1700. The van der Waals surface area contributed by atoms with Gasteiger partial charge in [-0.2, -0.15) is 5.10 Å². The molecule has 9 nitrogen and oxygen atoms in total. The van der Waals surface area contributed by atoms with Crippen LogP contribution in [0.1, 0.15) is 24.8 Å². The van der Waals surface area contributed by atoms with Crippen LogP contribution in [0.5, 0.6) is 0 Å². The Labute approximate surface area is 213 Å². The van der Waals surface area contributed by atoms with Gasteiger partial charge in [-0.15, -0.1) is 0 Å². The first-order chi connectivity index (χ1) is 18.3. The fraction of sp³-hybridized carbons (Fsp3) is 0.214. The molecule has 2 N–H and O–H groups in total. The predicted octanol–water partition coefficient (Wildman–Crippen LogP) is 5.01. The van der Waals surface area contributed by atoms with Gasteiger partial charge in [0.25, 0.3) is 0 Å². The van der Waals surface area contributed by atoms with Crippen molar-refractivity contribution in [3.05, 3.63) is 73.1 Å². The van der Waals surface area contributed by atoms with E-state index in [0.717, 1.165) is 64.1 Å². The molecule has 0 bridgehead atoms. The summed E-state index contributed by atoms with van der Waals surface area (Å²) in [5.74, 6) is 0.667. The Hall–Kier alpha value is -4.50. The Balaban J connectivity index is 1.26. The standard InChI is InChI=1S/C28H25N9/c1-2-10-37(11-3-1)17-18-12-20(15-30-14-18)21-13-22-25(35-36-27(22)32-16-21)28-33-23-6-9-31-24(26(23)34-28)19-4-7-29-8-5-19/h4-9,12-16H,1-3,10-11,17H2,(H,33,34)(H,32,35,36). The van der Waals surface area contributed by atoms with E-state index in [1.165, 1.54) is 24.8 Å². The third-order valence-electron chi connectivity index (χ3n) is 6.98. The van der Waals surface area contributed by atoms with Crippen molar-refractivity contribution in [1.29, 1.82) is 0 Å². The second kappa shape index (κ2) is 9.18. The molecule has 182 valence electrons. The maximum Gasteiger partial charge on any atom is 0.159 e. The molecule has 0 amide bonds. The van der Waals surface area contributed by atoms with Crippen molar-refractivity contribution in [1.82, 2.24) is 45.0 Å². The Morgan fingerprint density at radius 2 is 1.65 bits per heavy atom. The highest BCUT2D eigenvalue weighted by molar-refractivity contribution is 5.96. The second-order valence-electron chi connectivity index (χ2n) is 9.49. The zero-order chi connectivity index (χ0) is 24.6. The van der Waals surface area contributed by atoms with E-state index in [9.17, 15) is 0 Å². The van der Waals surface area contributed by atoms with Gasteiger partial charge in [0, 0.05) is 60.4 Å². The molecule has 7 rings (SSSR count). The van der Waals surface area contributed by atoms with Crippen LogP contribution in [0.4, 0.5) is 0 Å². The van der Waals surface area contributed by atoms with Gasteiger partial charge in [-0.1, -0.05) is 6.42 Å². The lowest BCUT2D eigenvalue weighted by Crippen LogP contribution is -2.29. The monoisotopic (exact) mass is 487 g/mol. The molecule has 0 unspecified atom stereocenters. The van der Waals surface area contributed by atoms with Gasteiger partial charge in [-0.05, 0) is 61.8 Å². The molecule has 1 aliphatic heterocycles. The molecule has 0 aliphatic carbocycles. The molecular formula is C28H25N9. The first-order valence-electron chi connectivity index (χ1n) is 12.6. The van der Waals surface area contributed by atoms with Crippen LogP contribution in [0, 0.1) is 0 Å². The van der Waals surface area contributed by atoms with Crippen LogP contribution in [0.15, 0.2) is 67.5 Å². The summed E-state index contributed by atoms with van der Waals surface area (Å²) in [5.41, 5.74) is 8.15. The number of H-pyrrole nitrogens is 2. The summed E-state index contributed by atoms with van der Waals surface area (Å²) >= 11 is 0. The molecule has 0 aromatic carbocycles. The Morgan fingerprint density at radius 1 is 0.784 bits per heavy atom. The highest BCUT2D eigenvalue weighted by Crippen LogP contribution is 2.31. The quantitative estimate of drug-likeness (QED) is 0.352. The molecule has 0 atom stereocenters. The van der Waals surface area contributed by atoms with Crippen LogP contribution in [-0.2, 0) is 6.54 Å². The van der Waals surface area contributed by atoms with Gasteiger partial charge in [0.15, 0.2) is 11.5 Å². The maximum absolute atomic E-state index is 4.90. The van der Waals surface area contributed by atoms with Crippen molar-refractivity contribution in [2.45, 2.75) is 25.8 Å². The van der Waals surface area contributed by atoms with Gasteiger partial charge in [0.05, 0.1) is 16.6 Å². The smallest absolute Gasteiger partial charge is 0.159 e. The van der Waals surface area contributed by atoms with Crippen molar-refractivity contribution in [3.63, 3.8) is 0 Å². The number of fused-ring (bicyclic) bond motifs is 2. The zero-order valence-corrected chi connectivity index (χ0v) is 20.2. The fourth-order valence-electron chi connectivity index (χ4n) is 5.12. The van der Waals surface area contributed by atoms with Gasteiger partial charge in [-0.25, -0.2) is 9.97 Å². The van der Waals surface area contributed by atoms with Gasteiger partial charge in [0.1, 0.15) is 11.2 Å². The number of likely N-dealkylation sites (tertiary alicyclic amines) is 1. The number of hydrogen-bond donors (Lipinski definition) is 2. The molecule has 6 aromatic heterocycles. The van der Waals surface area contributed by atoms with Crippen molar-refractivity contribution in [2.24, 2.45) is 0 Å². The number of aromatic amines is 2. The number of rotatable bonds is 5. The molecule has 6 aromatic rings. The van der Waals surface area contributed by atoms with Gasteiger partial charge in [-0.3, -0.25) is 25.0 Å². The lowest BCUT2D eigenvalue weighted by molar-refractivity contribution is 0.220. The lowest BCUT2D eigenvalue weighted by atomic mass is 10.1. The molecule has 0 spiro atoms. The molecule has 1 aliphatic rings. The van der Waals surface area contributed by atoms with E-state index in [0.29, 0.717) is 11.5 Å². The minimum absolute atomic E-state index is 0.667. The second-order valence-corrected chi connectivity index (χ2v) is 9.49. The van der Waals surface area contributed by atoms with Crippen molar-refractivity contribution in [3.8, 4) is 33.9 Å². The van der Waals surface area contributed by atoms with E-state index < -0.39 is 0 Å². The van der Waals surface area contributed by atoms with E-state index in [2.05, 4.69) is 52.1 Å². The minimum Gasteiger partial charge on any atom is -0.336 e. The molecule has 9 heteroatoms. The molecule has 1 fully saturated rings. The number of nitrogens with zero attached hydrogens (tertiary/aromatic N) is 7. The van der Waals surface area contributed by atoms with Gasteiger partial charge < -0.3 is 4.98 Å². The number of aromatic nitrogens is 8. The van der Waals surface area contributed by atoms with E-state index in [1.54, 1.807) is 18.6 Å². The van der Waals surface area contributed by atoms with Crippen LogP contribution in [-0.4, -0.2) is 58.1 Å². The summed E-state index contributed by atoms with van der Waals surface area (Å²) in [5, 5.41) is 8.51. The maximum atomic E-state index is 4.90. The SMILES string of the molecule is c1cc(-c2nccc3[nH]c(-c4n[nH]c5ncc(-c6cncc(CN7CCCCC7)c6)cc45)nc23)ccn1. The number of pyridine rings is 4. The summed E-state index contributed by atoms with van der Waals surface area (Å²) in [7, 11) is 0. The Morgan fingerprint density at radius 3 is 2.54 bits per heavy atom. The normalized spacial score (nSPS) is 14.5. The summed E-state index contributed by atoms with van der Waals surface area (Å²) in [6.07, 6.45) is 14.9. The first-order valence-corrected chi connectivity index (χ1v) is 12.6. The van der Waals surface area contributed by atoms with Crippen LogP contribution in [0.25, 0.3) is 56.0 Å². The number of nitrogens with one attached hydrogen (secondary N) is 2. The average Bonchev–Trinajstić information content (AvgIpc) is 3.58. The largest absolute Gasteiger partial charge is 0.336 e.